The Hall–Kier alpha value is -3.04. The first kappa shape index (κ1) is 20.3. The van der Waals surface area contributed by atoms with Gasteiger partial charge in [0.15, 0.2) is 0 Å². The summed E-state index contributed by atoms with van der Waals surface area (Å²) < 4.78 is 11.0. The average molecular weight is 410 g/mol. The van der Waals surface area contributed by atoms with Crippen LogP contribution in [0, 0.1) is 12.5 Å². The van der Waals surface area contributed by atoms with Gasteiger partial charge in [-0.25, -0.2) is 12.2 Å². The van der Waals surface area contributed by atoms with Crippen LogP contribution in [0.2, 0.25) is 0 Å². The van der Waals surface area contributed by atoms with Gasteiger partial charge in [0, 0.05) is 12.5 Å². The molecule has 2 aromatic carbocycles. The van der Waals surface area contributed by atoms with Crippen molar-refractivity contribution in [3.05, 3.63) is 122 Å². The molecule has 4 nitrogen and oxygen atoms in total. The third-order valence-corrected chi connectivity index (χ3v) is 3.30. The number of hydrogen-bond acceptors (Lipinski definition) is 4. The molecule has 0 radical (unpaired) electrons. The Balaban J connectivity index is 0.000000187. The molecular formula is C22H20N2O2Zn. The third kappa shape index (κ3) is 7.39. The molecule has 0 aromatic heterocycles. The van der Waals surface area contributed by atoms with E-state index < -0.39 is 0 Å². The van der Waals surface area contributed by atoms with E-state index >= 15 is 0 Å². The number of hydrogen-bond donors (Lipinski definition) is 2. The summed E-state index contributed by atoms with van der Waals surface area (Å²) in [6, 6.07) is 19.4. The van der Waals surface area contributed by atoms with E-state index in [-0.39, 0.29) is 19.5 Å². The van der Waals surface area contributed by atoms with Crippen LogP contribution in [0.25, 0.3) is 0 Å². The summed E-state index contributed by atoms with van der Waals surface area (Å²) in [5, 5.41) is 5.99. The molecule has 2 aliphatic heterocycles. The van der Waals surface area contributed by atoms with Crippen LogP contribution in [-0.4, -0.2) is 0 Å². The van der Waals surface area contributed by atoms with Gasteiger partial charge in [-0.2, -0.15) is 12.2 Å². The van der Waals surface area contributed by atoms with Crippen LogP contribution in [0.1, 0.15) is 0 Å². The fourth-order valence-corrected chi connectivity index (χ4v) is 2.11. The fraction of sp³-hybridized carbons (Fsp3) is 0. The van der Waals surface area contributed by atoms with Crippen LogP contribution < -0.4 is 20.1 Å². The Morgan fingerprint density at radius 3 is 1.30 bits per heavy atom. The first-order valence-corrected chi connectivity index (χ1v) is 8.29. The van der Waals surface area contributed by atoms with E-state index in [0.717, 1.165) is 24.0 Å². The molecule has 0 saturated heterocycles. The summed E-state index contributed by atoms with van der Waals surface area (Å²) in [5.74, 6) is 1.68. The Labute approximate surface area is 173 Å². The van der Waals surface area contributed by atoms with Gasteiger partial charge in [0.25, 0.3) is 0 Å². The SMILES string of the molecule is C1=CN[C-](Oc2ccccc2)C=C1.C1=CN[C-](Oc2ccccc2)C=C1.[Zn+2]. The van der Waals surface area contributed by atoms with Crippen molar-refractivity contribution in [3.8, 4) is 11.5 Å². The molecule has 0 aliphatic carbocycles. The minimum absolute atomic E-state index is 0. The van der Waals surface area contributed by atoms with Crippen molar-refractivity contribution in [1.29, 1.82) is 0 Å². The molecule has 27 heavy (non-hydrogen) atoms. The number of para-hydroxylation sites is 2. The Bertz CT molecular complexity index is 706. The molecule has 2 aliphatic rings. The van der Waals surface area contributed by atoms with Gasteiger partial charge in [0.1, 0.15) is 11.5 Å². The Morgan fingerprint density at radius 1 is 0.556 bits per heavy atom. The predicted octanol–water partition coefficient (Wildman–Crippen LogP) is 4.45. The number of dihydropyridines is 2. The molecule has 2 heterocycles. The van der Waals surface area contributed by atoms with Crippen molar-refractivity contribution in [3.63, 3.8) is 0 Å². The minimum atomic E-state index is 0. The standard InChI is InChI=1S/2C11H10NO.Zn/c2*1-2-6-10(7-3-1)13-11-8-4-5-9-12-11;/h2*1-9,12H;/q2*-1;+2. The number of allylic oxidation sites excluding steroid dienone is 4. The second kappa shape index (κ2) is 11.6. The number of benzene rings is 2. The fourth-order valence-electron chi connectivity index (χ4n) is 2.11. The van der Waals surface area contributed by atoms with E-state index in [1.165, 1.54) is 0 Å². The van der Waals surface area contributed by atoms with Gasteiger partial charge in [-0.15, -0.1) is 12.2 Å². The smallest absolute Gasteiger partial charge is 0.529 e. The number of ether oxygens (including phenoxy) is 2. The van der Waals surface area contributed by atoms with Crippen molar-refractivity contribution in [2.45, 2.75) is 0 Å². The molecule has 0 fully saturated rings. The van der Waals surface area contributed by atoms with Gasteiger partial charge in [0.2, 0.25) is 0 Å². The molecule has 2 N–H and O–H groups in total. The van der Waals surface area contributed by atoms with Crippen LogP contribution in [0.4, 0.5) is 0 Å². The third-order valence-electron chi connectivity index (χ3n) is 3.30. The Morgan fingerprint density at radius 2 is 0.963 bits per heavy atom. The summed E-state index contributed by atoms with van der Waals surface area (Å²) in [6.45, 7) is 0. The zero-order valence-corrected chi connectivity index (χ0v) is 17.9. The zero-order chi connectivity index (χ0) is 17.9. The van der Waals surface area contributed by atoms with Crippen LogP contribution in [0.15, 0.2) is 110 Å². The molecule has 0 spiro atoms. The monoisotopic (exact) mass is 408 g/mol. The molecule has 0 amide bonds. The normalized spacial score (nSPS) is 13.5. The van der Waals surface area contributed by atoms with Crippen molar-refractivity contribution >= 4 is 0 Å². The first-order chi connectivity index (χ1) is 12.9. The van der Waals surface area contributed by atoms with Crippen LogP contribution in [0.3, 0.4) is 0 Å². The maximum absolute atomic E-state index is 5.52. The van der Waals surface area contributed by atoms with E-state index in [9.17, 15) is 0 Å². The summed E-state index contributed by atoms with van der Waals surface area (Å²) in [6.07, 6.45) is 16.6. The molecule has 0 unspecified atom stereocenters. The van der Waals surface area contributed by atoms with Crippen molar-refractivity contribution in [2.75, 3.05) is 0 Å². The minimum Gasteiger partial charge on any atom is -0.529 e. The van der Waals surface area contributed by atoms with Crippen molar-refractivity contribution < 1.29 is 29.0 Å². The summed E-state index contributed by atoms with van der Waals surface area (Å²) in [7, 11) is 0. The first-order valence-electron chi connectivity index (χ1n) is 8.29. The van der Waals surface area contributed by atoms with Crippen LogP contribution in [-0.2, 0) is 19.5 Å². The van der Waals surface area contributed by atoms with E-state index in [1.54, 1.807) is 0 Å². The van der Waals surface area contributed by atoms with Crippen molar-refractivity contribution in [1.82, 2.24) is 10.6 Å². The van der Waals surface area contributed by atoms with Gasteiger partial charge in [-0.05, 0) is 36.7 Å². The van der Waals surface area contributed by atoms with Gasteiger partial charge in [0.05, 0.1) is 0 Å². The van der Waals surface area contributed by atoms with Gasteiger partial charge >= 0.3 is 19.5 Å². The zero-order valence-electron chi connectivity index (χ0n) is 14.9. The van der Waals surface area contributed by atoms with Gasteiger partial charge < -0.3 is 20.1 Å². The molecule has 132 valence electrons. The molecule has 4 rings (SSSR count). The summed E-state index contributed by atoms with van der Waals surface area (Å²) in [4.78, 5) is 0. The maximum atomic E-state index is 5.52. The summed E-state index contributed by atoms with van der Waals surface area (Å²) >= 11 is 0. The second-order valence-corrected chi connectivity index (χ2v) is 5.28. The number of nitrogens with one attached hydrogen (secondary N) is 2. The largest absolute Gasteiger partial charge is 2.00 e. The molecule has 0 saturated carbocycles. The van der Waals surface area contributed by atoms with E-state index in [0.29, 0.717) is 0 Å². The Kier molecular flexibility index (Phi) is 8.68. The molecule has 0 atom stereocenters. The number of rotatable bonds is 4. The topological polar surface area (TPSA) is 42.5 Å². The molecule has 2 aromatic rings. The molecule has 0 bridgehead atoms. The quantitative estimate of drug-likeness (QED) is 0.578. The van der Waals surface area contributed by atoms with E-state index in [1.807, 2.05) is 110 Å². The van der Waals surface area contributed by atoms with Crippen molar-refractivity contribution in [2.24, 2.45) is 0 Å². The maximum Gasteiger partial charge on any atom is 2.00 e. The van der Waals surface area contributed by atoms with Gasteiger partial charge in [-0.1, -0.05) is 36.4 Å². The second-order valence-electron chi connectivity index (χ2n) is 5.28. The van der Waals surface area contributed by atoms with Crippen LogP contribution >= 0.6 is 0 Å². The predicted molar refractivity (Wildman–Crippen MR) is 103 cm³/mol. The average Bonchev–Trinajstić information content (AvgIpc) is 2.72. The van der Waals surface area contributed by atoms with E-state index in [4.69, 9.17) is 9.47 Å². The molecular weight excluding hydrogens is 390 g/mol. The van der Waals surface area contributed by atoms with Gasteiger partial charge in [-0.3, -0.25) is 0 Å². The molecule has 5 heteroatoms. The summed E-state index contributed by atoms with van der Waals surface area (Å²) in [5.41, 5.74) is 0. The van der Waals surface area contributed by atoms with E-state index in [2.05, 4.69) is 10.6 Å². The van der Waals surface area contributed by atoms with Crippen LogP contribution in [0.5, 0.6) is 11.5 Å².